The van der Waals surface area contributed by atoms with Crippen molar-refractivity contribution < 1.29 is 14.3 Å². The van der Waals surface area contributed by atoms with Crippen molar-refractivity contribution >= 4 is 11.9 Å². The fourth-order valence-corrected chi connectivity index (χ4v) is 3.75. The van der Waals surface area contributed by atoms with Gasteiger partial charge in [0.1, 0.15) is 0 Å². The molecule has 1 aliphatic rings. The Hall–Kier alpha value is -2.89. The van der Waals surface area contributed by atoms with Crippen LogP contribution in [-0.2, 0) is 4.74 Å². The van der Waals surface area contributed by atoms with Gasteiger partial charge in [0.05, 0.1) is 18.2 Å². The summed E-state index contributed by atoms with van der Waals surface area (Å²) in [6.07, 6.45) is 1.90. The van der Waals surface area contributed by atoms with E-state index in [1.54, 1.807) is 18.2 Å². The van der Waals surface area contributed by atoms with Gasteiger partial charge in [0.25, 0.3) is 5.91 Å². The standard InChI is InChI=1S/C22H26N2O4/c1-14(2)20-18(10-11-19(25)23-20)21(26)24-12-4-5-17(13-24)15-6-8-16(9-7-15)22(27)28-3/h6-11,14,17H,4-5,12-13H2,1-3H3,(H,23,25). The summed E-state index contributed by atoms with van der Waals surface area (Å²) in [7, 11) is 1.36. The summed E-state index contributed by atoms with van der Waals surface area (Å²) in [5.74, 6) is -0.129. The summed E-state index contributed by atoms with van der Waals surface area (Å²) in [5, 5.41) is 0. The number of methoxy groups -OCH3 is 1. The quantitative estimate of drug-likeness (QED) is 0.823. The maximum absolute atomic E-state index is 13.1. The van der Waals surface area contributed by atoms with Crippen molar-refractivity contribution in [3.05, 3.63) is 69.1 Å². The maximum atomic E-state index is 13.1. The molecule has 6 nitrogen and oxygen atoms in total. The van der Waals surface area contributed by atoms with Crippen LogP contribution >= 0.6 is 0 Å². The summed E-state index contributed by atoms with van der Waals surface area (Å²) >= 11 is 0. The summed E-state index contributed by atoms with van der Waals surface area (Å²) in [4.78, 5) is 41.1. The Kier molecular flexibility index (Phi) is 5.97. The Balaban J connectivity index is 1.79. The Morgan fingerprint density at radius 2 is 1.86 bits per heavy atom. The number of ether oxygens (including phenoxy) is 1. The number of rotatable bonds is 4. The number of carbonyl (C=O) groups excluding carboxylic acids is 2. The number of amides is 1. The van der Waals surface area contributed by atoms with Gasteiger partial charge in [0.2, 0.25) is 5.56 Å². The number of aromatic amines is 1. The van der Waals surface area contributed by atoms with E-state index >= 15 is 0 Å². The minimum atomic E-state index is -0.355. The van der Waals surface area contributed by atoms with Gasteiger partial charge in [-0.1, -0.05) is 26.0 Å². The zero-order valence-corrected chi connectivity index (χ0v) is 16.5. The van der Waals surface area contributed by atoms with Gasteiger partial charge in [0.15, 0.2) is 0 Å². The Morgan fingerprint density at radius 1 is 1.14 bits per heavy atom. The van der Waals surface area contributed by atoms with Crippen LogP contribution in [0.25, 0.3) is 0 Å². The monoisotopic (exact) mass is 382 g/mol. The topological polar surface area (TPSA) is 79.5 Å². The van der Waals surface area contributed by atoms with E-state index in [9.17, 15) is 14.4 Å². The van der Waals surface area contributed by atoms with Gasteiger partial charge in [-0.15, -0.1) is 0 Å². The van der Waals surface area contributed by atoms with Crippen LogP contribution in [0.1, 0.15) is 70.5 Å². The first-order valence-corrected chi connectivity index (χ1v) is 9.61. The first-order valence-electron chi connectivity index (χ1n) is 9.61. The molecule has 1 amide bonds. The van der Waals surface area contributed by atoms with Crippen molar-refractivity contribution in [2.45, 2.75) is 38.5 Å². The highest BCUT2D eigenvalue weighted by Crippen LogP contribution is 2.29. The number of nitrogens with one attached hydrogen (secondary N) is 1. The molecule has 1 atom stereocenters. The van der Waals surface area contributed by atoms with Crippen molar-refractivity contribution in [2.75, 3.05) is 20.2 Å². The first-order chi connectivity index (χ1) is 13.4. The second-order valence-corrected chi connectivity index (χ2v) is 7.51. The Morgan fingerprint density at radius 3 is 2.50 bits per heavy atom. The van der Waals surface area contributed by atoms with Crippen LogP contribution in [0.15, 0.2) is 41.2 Å². The van der Waals surface area contributed by atoms with Gasteiger partial charge in [-0.3, -0.25) is 9.59 Å². The minimum Gasteiger partial charge on any atom is -0.465 e. The van der Waals surface area contributed by atoms with Gasteiger partial charge < -0.3 is 14.6 Å². The number of nitrogens with zero attached hydrogens (tertiary/aromatic N) is 1. The molecule has 6 heteroatoms. The van der Waals surface area contributed by atoms with E-state index in [4.69, 9.17) is 4.74 Å². The number of hydrogen-bond donors (Lipinski definition) is 1. The molecule has 1 saturated heterocycles. The van der Waals surface area contributed by atoms with Gasteiger partial charge >= 0.3 is 5.97 Å². The van der Waals surface area contributed by atoms with Crippen molar-refractivity contribution in [3.63, 3.8) is 0 Å². The lowest BCUT2D eigenvalue weighted by atomic mass is 9.89. The molecule has 148 valence electrons. The molecule has 1 aromatic heterocycles. The normalized spacial score (nSPS) is 16.9. The number of likely N-dealkylation sites (tertiary alicyclic amines) is 1. The van der Waals surface area contributed by atoms with Gasteiger partial charge in [-0.05, 0) is 42.5 Å². The summed E-state index contributed by atoms with van der Waals surface area (Å²) in [6.45, 7) is 5.24. The highest BCUT2D eigenvalue weighted by Gasteiger charge is 2.27. The number of aromatic nitrogens is 1. The molecule has 0 saturated carbocycles. The van der Waals surface area contributed by atoms with Crippen molar-refractivity contribution in [2.24, 2.45) is 0 Å². The van der Waals surface area contributed by atoms with Crippen molar-refractivity contribution in [3.8, 4) is 0 Å². The first kappa shape index (κ1) is 19.9. The molecule has 1 aliphatic heterocycles. The lowest BCUT2D eigenvalue weighted by molar-refractivity contribution is 0.0600. The second-order valence-electron chi connectivity index (χ2n) is 7.51. The average molecular weight is 382 g/mol. The van der Waals surface area contributed by atoms with E-state index in [-0.39, 0.29) is 29.3 Å². The molecule has 3 rings (SSSR count). The molecular formula is C22H26N2O4. The number of pyridine rings is 1. The third-order valence-electron chi connectivity index (χ3n) is 5.27. The summed E-state index contributed by atoms with van der Waals surface area (Å²) in [5.41, 5.74) is 2.68. The Bertz CT molecular complexity index is 915. The predicted octanol–water partition coefficient (Wildman–Crippen LogP) is 3.30. The predicted molar refractivity (Wildman–Crippen MR) is 107 cm³/mol. The molecule has 28 heavy (non-hydrogen) atoms. The molecule has 1 unspecified atom stereocenters. The smallest absolute Gasteiger partial charge is 0.337 e. The highest BCUT2D eigenvalue weighted by atomic mass is 16.5. The van der Waals surface area contributed by atoms with Gasteiger partial charge in [-0.2, -0.15) is 0 Å². The molecule has 2 heterocycles. The van der Waals surface area contributed by atoms with Crippen molar-refractivity contribution in [1.82, 2.24) is 9.88 Å². The lowest BCUT2D eigenvalue weighted by Gasteiger charge is -2.33. The van der Waals surface area contributed by atoms with Crippen molar-refractivity contribution in [1.29, 1.82) is 0 Å². The fourth-order valence-electron chi connectivity index (χ4n) is 3.75. The van der Waals surface area contributed by atoms with Crippen LogP contribution in [0, 0.1) is 0 Å². The third kappa shape index (κ3) is 4.16. The maximum Gasteiger partial charge on any atom is 0.337 e. The van der Waals surface area contributed by atoms with Crippen LogP contribution in [0.4, 0.5) is 0 Å². The van der Waals surface area contributed by atoms with E-state index in [1.165, 1.54) is 13.2 Å². The summed E-state index contributed by atoms with van der Waals surface area (Å²) in [6, 6.07) is 10.4. The molecule has 0 aliphatic carbocycles. The largest absolute Gasteiger partial charge is 0.465 e. The zero-order valence-electron chi connectivity index (χ0n) is 16.5. The molecule has 1 fully saturated rings. The number of carbonyl (C=O) groups is 2. The summed E-state index contributed by atoms with van der Waals surface area (Å²) < 4.78 is 4.74. The second kappa shape index (κ2) is 8.42. The molecular weight excluding hydrogens is 356 g/mol. The molecule has 2 aromatic rings. The van der Waals surface area contributed by atoms with Crippen LogP contribution in [0.2, 0.25) is 0 Å². The van der Waals surface area contributed by atoms with Gasteiger partial charge in [-0.25, -0.2) is 4.79 Å². The molecule has 0 radical (unpaired) electrons. The van der Waals surface area contributed by atoms with Crippen LogP contribution < -0.4 is 5.56 Å². The number of esters is 1. The van der Waals surface area contributed by atoms with E-state index < -0.39 is 0 Å². The van der Waals surface area contributed by atoms with Crippen LogP contribution in [0.5, 0.6) is 0 Å². The van der Waals surface area contributed by atoms with Gasteiger partial charge in [0, 0.05) is 30.8 Å². The van der Waals surface area contributed by atoms with Crippen LogP contribution in [-0.4, -0.2) is 42.0 Å². The number of hydrogen-bond acceptors (Lipinski definition) is 4. The molecule has 0 spiro atoms. The highest BCUT2D eigenvalue weighted by molar-refractivity contribution is 5.95. The average Bonchev–Trinajstić information content (AvgIpc) is 2.72. The fraction of sp³-hybridized carbons (Fsp3) is 0.409. The minimum absolute atomic E-state index is 0.0455. The van der Waals surface area contributed by atoms with E-state index in [2.05, 4.69) is 4.98 Å². The Labute approximate surface area is 164 Å². The lowest BCUT2D eigenvalue weighted by Crippen LogP contribution is -2.40. The number of H-pyrrole nitrogens is 1. The SMILES string of the molecule is COC(=O)c1ccc(C2CCCN(C(=O)c3ccc(=O)[nH]c3C(C)C)C2)cc1. The number of benzene rings is 1. The molecule has 1 N–H and O–H groups in total. The molecule has 0 bridgehead atoms. The molecule has 1 aromatic carbocycles. The van der Waals surface area contributed by atoms with Crippen LogP contribution in [0.3, 0.4) is 0 Å². The van der Waals surface area contributed by atoms with E-state index in [1.807, 2.05) is 30.9 Å². The third-order valence-corrected chi connectivity index (χ3v) is 5.27. The van der Waals surface area contributed by atoms with E-state index in [0.717, 1.165) is 18.4 Å². The zero-order chi connectivity index (χ0) is 20.3. The van der Waals surface area contributed by atoms with E-state index in [0.29, 0.717) is 29.9 Å². The number of piperidine rings is 1.